The lowest BCUT2D eigenvalue weighted by Gasteiger charge is -2.29. The van der Waals surface area contributed by atoms with Crippen molar-refractivity contribution in [3.8, 4) is 6.07 Å². The fourth-order valence-electron chi connectivity index (χ4n) is 2.22. The maximum Gasteiger partial charge on any atom is 0.239 e. The maximum absolute atomic E-state index is 11.4. The van der Waals surface area contributed by atoms with Crippen LogP contribution in [0.5, 0.6) is 0 Å². The molecule has 2 N–H and O–H groups in total. The molecular weight excluding hydrogens is 252 g/mol. The summed E-state index contributed by atoms with van der Waals surface area (Å²) in [5, 5.41) is 15.4. The molecule has 2 rings (SSSR count). The van der Waals surface area contributed by atoms with Gasteiger partial charge in [-0.2, -0.15) is 5.26 Å². The SMILES string of the molecule is CC(C)NCc1ccc(N2CCNC(=O)C2)c(C#N)c1. The molecule has 0 unspecified atom stereocenters. The van der Waals surface area contributed by atoms with Gasteiger partial charge in [-0.05, 0) is 17.7 Å². The van der Waals surface area contributed by atoms with Crippen molar-refractivity contribution in [1.29, 1.82) is 5.26 Å². The van der Waals surface area contributed by atoms with Gasteiger partial charge in [-0.1, -0.05) is 19.9 Å². The molecule has 1 aliphatic heterocycles. The Labute approximate surface area is 119 Å². The van der Waals surface area contributed by atoms with E-state index in [4.69, 9.17) is 0 Å². The minimum absolute atomic E-state index is 0.00527. The Kier molecular flexibility index (Phi) is 4.59. The Morgan fingerprint density at radius 3 is 2.95 bits per heavy atom. The number of anilines is 1. The number of carbonyl (C=O) groups excluding carboxylic acids is 1. The number of rotatable bonds is 4. The van der Waals surface area contributed by atoms with Crippen LogP contribution < -0.4 is 15.5 Å². The predicted octanol–water partition coefficient (Wildman–Crippen LogP) is 0.992. The molecule has 0 atom stereocenters. The molecular formula is C15H20N4O. The van der Waals surface area contributed by atoms with E-state index in [0.717, 1.165) is 24.3 Å². The number of nitriles is 1. The van der Waals surface area contributed by atoms with Crippen molar-refractivity contribution in [3.63, 3.8) is 0 Å². The minimum Gasteiger partial charge on any atom is -0.359 e. The first kappa shape index (κ1) is 14.4. The Morgan fingerprint density at radius 1 is 1.50 bits per heavy atom. The molecule has 5 nitrogen and oxygen atoms in total. The highest BCUT2D eigenvalue weighted by atomic mass is 16.2. The first-order valence-corrected chi connectivity index (χ1v) is 6.88. The van der Waals surface area contributed by atoms with Gasteiger partial charge < -0.3 is 15.5 Å². The van der Waals surface area contributed by atoms with Crippen LogP contribution in [0.25, 0.3) is 0 Å². The van der Waals surface area contributed by atoms with E-state index in [2.05, 4.69) is 30.6 Å². The van der Waals surface area contributed by atoms with Crippen LogP contribution in [0.3, 0.4) is 0 Å². The zero-order chi connectivity index (χ0) is 14.5. The predicted molar refractivity (Wildman–Crippen MR) is 78.4 cm³/mol. The first-order chi connectivity index (χ1) is 9.60. The van der Waals surface area contributed by atoms with Crippen LogP contribution in [0.4, 0.5) is 5.69 Å². The second kappa shape index (κ2) is 6.40. The summed E-state index contributed by atoms with van der Waals surface area (Å²) >= 11 is 0. The number of hydrogen-bond donors (Lipinski definition) is 2. The molecule has 0 radical (unpaired) electrons. The molecule has 106 valence electrons. The molecule has 1 heterocycles. The van der Waals surface area contributed by atoms with Crippen molar-refractivity contribution in [2.75, 3.05) is 24.5 Å². The van der Waals surface area contributed by atoms with E-state index >= 15 is 0 Å². The number of amides is 1. The first-order valence-electron chi connectivity index (χ1n) is 6.88. The second-order valence-electron chi connectivity index (χ2n) is 5.27. The van der Waals surface area contributed by atoms with E-state index in [-0.39, 0.29) is 5.91 Å². The van der Waals surface area contributed by atoms with Crippen LogP contribution in [0.1, 0.15) is 25.0 Å². The maximum atomic E-state index is 11.4. The van der Waals surface area contributed by atoms with E-state index < -0.39 is 0 Å². The summed E-state index contributed by atoms with van der Waals surface area (Å²) in [6, 6.07) is 8.49. The van der Waals surface area contributed by atoms with Gasteiger partial charge in [0.05, 0.1) is 17.8 Å². The van der Waals surface area contributed by atoms with E-state index in [9.17, 15) is 10.1 Å². The van der Waals surface area contributed by atoms with E-state index in [0.29, 0.717) is 24.7 Å². The van der Waals surface area contributed by atoms with E-state index in [1.807, 2.05) is 23.1 Å². The molecule has 0 aliphatic carbocycles. The average molecular weight is 272 g/mol. The van der Waals surface area contributed by atoms with Gasteiger partial charge in [0.1, 0.15) is 6.07 Å². The topological polar surface area (TPSA) is 68.2 Å². The van der Waals surface area contributed by atoms with Crippen molar-refractivity contribution >= 4 is 11.6 Å². The third-order valence-corrected chi connectivity index (χ3v) is 3.27. The van der Waals surface area contributed by atoms with Crippen molar-refractivity contribution < 1.29 is 4.79 Å². The van der Waals surface area contributed by atoms with Crippen LogP contribution in [-0.4, -0.2) is 31.6 Å². The van der Waals surface area contributed by atoms with Gasteiger partial charge in [-0.25, -0.2) is 0 Å². The Morgan fingerprint density at radius 2 is 2.30 bits per heavy atom. The molecule has 20 heavy (non-hydrogen) atoms. The molecule has 0 spiro atoms. The number of piperazine rings is 1. The highest BCUT2D eigenvalue weighted by Gasteiger charge is 2.19. The highest BCUT2D eigenvalue weighted by molar-refractivity contribution is 5.83. The molecule has 1 aromatic carbocycles. The normalized spacial score (nSPS) is 15.1. The van der Waals surface area contributed by atoms with Gasteiger partial charge in [-0.3, -0.25) is 4.79 Å². The zero-order valence-corrected chi connectivity index (χ0v) is 11.9. The Balaban J connectivity index is 2.17. The van der Waals surface area contributed by atoms with Gasteiger partial charge in [0.15, 0.2) is 0 Å². The van der Waals surface area contributed by atoms with E-state index in [1.165, 1.54) is 0 Å². The summed E-state index contributed by atoms with van der Waals surface area (Å²) < 4.78 is 0. The average Bonchev–Trinajstić information content (AvgIpc) is 2.44. The molecule has 0 saturated carbocycles. The summed E-state index contributed by atoms with van der Waals surface area (Å²) in [6.07, 6.45) is 0. The number of nitrogens with one attached hydrogen (secondary N) is 2. The van der Waals surface area contributed by atoms with Gasteiger partial charge in [0, 0.05) is 25.7 Å². The van der Waals surface area contributed by atoms with Gasteiger partial charge in [0.2, 0.25) is 5.91 Å². The van der Waals surface area contributed by atoms with E-state index in [1.54, 1.807) is 0 Å². The van der Waals surface area contributed by atoms with Crippen LogP contribution in [0.2, 0.25) is 0 Å². The van der Waals surface area contributed by atoms with Crippen molar-refractivity contribution in [1.82, 2.24) is 10.6 Å². The Hall–Kier alpha value is -2.06. The largest absolute Gasteiger partial charge is 0.359 e. The fraction of sp³-hybridized carbons (Fsp3) is 0.467. The summed E-state index contributed by atoms with van der Waals surface area (Å²) in [5.74, 6) is 0.00527. The molecule has 0 aromatic heterocycles. The van der Waals surface area contributed by atoms with Crippen LogP contribution in [-0.2, 0) is 11.3 Å². The highest BCUT2D eigenvalue weighted by Crippen LogP contribution is 2.22. The lowest BCUT2D eigenvalue weighted by atomic mass is 10.1. The fourth-order valence-corrected chi connectivity index (χ4v) is 2.22. The smallest absolute Gasteiger partial charge is 0.239 e. The van der Waals surface area contributed by atoms with Crippen molar-refractivity contribution in [3.05, 3.63) is 29.3 Å². The summed E-state index contributed by atoms with van der Waals surface area (Å²) in [7, 11) is 0. The van der Waals surface area contributed by atoms with Gasteiger partial charge in [0.25, 0.3) is 0 Å². The molecule has 0 bridgehead atoms. The lowest BCUT2D eigenvalue weighted by molar-refractivity contribution is -0.120. The van der Waals surface area contributed by atoms with Crippen LogP contribution >= 0.6 is 0 Å². The summed E-state index contributed by atoms with van der Waals surface area (Å²) in [4.78, 5) is 13.4. The molecule has 1 aromatic rings. The van der Waals surface area contributed by atoms with Crippen LogP contribution in [0.15, 0.2) is 18.2 Å². The van der Waals surface area contributed by atoms with Crippen LogP contribution in [0, 0.1) is 11.3 Å². The minimum atomic E-state index is 0.00527. The molecule has 1 amide bonds. The van der Waals surface area contributed by atoms with Gasteiger partial charge >= 0.3 is 0 Å². The van der Waals surface area contributed by atoms with Gasteiger partial charge in [-0.15, -0.1) is 0 Å². The third kappa shape index (κ3) is 3.49. The second-order valence-corrected chi connectivity index (χ2v) is 5.27. The molecule has 1 saturated heterocycles. The standard InChI is InChI=1S/C15H20N4O/c1-11(2)18-9-12-3-4-14(13(7-12)8-16)19-6-5-17-15(20)10-19/h3-4,7,11,18H,5-6,9-10H2,1-2H3,(H,17,20). The third-order valence-electron chi connectivity index (χ3n) is 3.27. The molecule has 5 heteroatoms. The quantitative estimate of drug-likeness (QED) is 0.858. The monoisotopic (exact) mass is 272 g/mol. The summed E-state index contributed by atoms with van der Waals surface area (Å²) in [5.41, 5.74) is 2.55. The number of carbonyl (C=O) groups is 1. The Bertz CT molecular complexity index is 533. The number of benzene rings is 1. The van der Waals surface area contributed by atoms with Crippen molar-refractivity contribution in [2.24, 2.45) is 0 Å². The lowest BCUT2D eigenvalue weighted by Crippen LogP contribution is -2.47. The zero-order valence-electron chi connectivity index (χ0n) is 11.9. The number of hydrogen-bond acceptors (Lipinski definition) is 4. The number of nitrogens with zero attached hydrogens (tertiary/aromatic N) is 2. The summed E-state index contributed by atoms with van der Waals surface area (Å²) in [6.45, 7) is 6.60. The molecule has 1 fully saturated rings. The van der Waals surface area contributed by atoms with Crippen molar-refractivity contribution in [2.45, 2.75) is 26.4 Å². The molecule has 1 aliphatic rings.